The molecule has 0 spiro atoms. The van der Waals surface area contributed by atoms with Crippen molar-refractivity contribution >= 4 is 5.82 Å². The Balaban J connectivity index is 2.42. The van der Waals surface area contributed by atoms with Crippen LogP contribution in [0.4, 0.5) is 14.6 Å². The van der Waals surface area contributed by atoms with E-state index in [-0.39, 0.29) is 12.2 Å². The van der Waals surface area contributed by atoms with E-state index in [0.29, 0.717) is 4.57 Å². The fraction of sp³-hybridized carbons (Fsp3) is 0.600. The van der Waals surface area contributed by atoms with E-state index in [9.17, 15) is 18.7 Å². The van der Waals surface area contributed by atoms with Crippen molar-refractivity contribution in [3.63, 3.8) is 0 Å². The number of aliphatic hydroxyl groups excluding tert-OH is 1. The molecule has 0 aliphatic carbocycles. The molecule has 3 atom stereocenters. The summed E-state index contributed by atoms with van der Waals surface area (Å²) in [7, 11) is 0. The SMILES string of the molecule is CC[C@H]1O[C@@H](n2ccc(N)nc2=O)C(F)(F)[C@H]1O. The lowest BCUT2D eigenvalue weighted by atomic mass is 10.1. The maximum Gasteiger partial charge on any atom is 0.351 e. The molecule has 2 rings (SSSR count). The molecule has 8 heteroatoms. The van der Waals surface area contributed by atoms with E-state index in [1.54, 1.807) is 6.92 Å². The Morgan fingerprint density at radius 2 is 2.33 bits per heavy atom. The van der Waals surface area contributed by atoms with Gasteiger partial charge < -0.3 is 15.6 Å². The van der Waals surface area contributed by atoms with Gasteiger partial charge in [0.1, 0.15) is 11.9 Å². The van der Waals surface area contributed by atoms with Crippen LogP contribution in [0.1, 0.15) is 19.6 Å². The number of halogens is 2. The smallest absolute Gasteiger partial charge is 0.351 e. The summed E-state index contributed by atoms with van der Waals surface area (Å²) in [6, 6.07) is 1.21. The Labute approximate surface area is 101 Å². The number of anilines is 1. The molecule has 6 nitrogen and oxygen atoms in total. The Morgan fingerprint density at radius 1 is 1.67 bits per heavy atom. The van der Waals surface area contributed by atoms with Crippen LogP contribution >= 0.6 is 0 Å². The average molecular weight is 261 g/mol. The highest BCUT2D eigenvalue weighted by atomic mass is 19.3. The fourth-order valence-electron chi connectivity index (χ4n) is 1.90. The summed E-state index contributed by atoms with van der Waals surface area (Å²) in [5, 5.41) is 9.46. The summed E-state index contributed by atoms with van der Waals surface area (Å²) in [6.45, 7) is 1.61. The third-order valence-corrected chi connectivity index (χ3v) is 2.89. The summed E-state index contributed by atoms with van der Waals surface area (Å²) in [5.41, 5.74) is 4.33. The highest BCUT2D eigenvalue weighted by molar-refractivity contribution is 5.23. The van der Waals surface area contributed by atoms with E-state index in [1.165, 1.54) is 6.07 Å². The molecule has 3 N–H and O–H groups in total. The van der Waals surface area contributed by atoms with Crippen LogP contribution in [0.3, 0.4) is 0 Å². The quantitative estimate of drug-likeness (QED) is 0.789. The molecular weight excluding hydrogens is 248 g/mol. The van der Waals surface area contributed by atoms with Gasteiger partial charge in [-0.25, -0.2) is 4.79 Å². The largest absolute Gasteiger partial charge is 0.384 e. The minimum Gasteiger partial charge on any atom is -0.384 e. The number of rotatable bonds is 2. The first-order valence-electron chi connectivity index (χ1n) is 5.44. The van der Waals surface area contributed by atoms with Crippen LogP contribution in [0.2, 0.25) is 0 Å². The Kier molecular flexibility index (Phi) is 3.07. The van der Waals surface area contributed by atoms with Crippen molar-refractivity contribution in [3.8, 4) is 0 Å². The van der Waals surface area contributed by atoms with Gasteiger partial charge in [0, 0.05) is 6.20 Å². The van der Waals surface area contributed by atoms with Crippen LogP contribution in [0, 0.1) is 0 Å². The normalized spacial score (nSPS) is 30.6. The van der Waals surface area contributed by atoms with E-state index in [2.05, 4.69) is 4.98 Å². The number of aromatic nitrogens is 2. The predicted molar refractivity (Wildman–Crippen MR) is 58.1 cm³/mol. The first kappa shape index (κ1) is 12.9. The molecule has 0 bridgehead atoms. The number of aliphatic hydroxyl groups is 1. The van der Waals surface area contributed by atoms with Crippen molar-refractivity contribution in [2.75, 3.05) is 5.73 Å². The van der Waals surface area contributed by atoms with Crippen LogP contribution in [0.5, 0.6) is 0 Å². The molecule has 0 amide bonds. The van der Waals surface area contributed by atoms with Crippen molar-refractivity contribution < 1.29 is 18.6 Å². The number of nitrogens with two attached hydrogens (primary N) is 1. The number of nitrogens with zero attached hydrogens (tertiary/aromatic N) is 2. The van der Waals surface area contributed by atoms with Gasteiger partial charge in [0.25, 0.3) is 0 Å². The molecule has 1 aromatic heterocycles. The standard InChI is InChI=1S/C10H13F2N3O3/c1-2-5-7(16)10(11,12)8(18-5)15-4-3-6(13)14-9(15)17/h3-5,7-8,16H,2H2,1H3,(H2,13,14,17)/t5-,7+,8-/m1/s1. The molecule has 0 saturated carbocycles. The molecule has 0 unspecified atom stereocenters. The Bertz CT molecular complexity index is 505. The van der Waals surface area contributed by atoms with Crippen LogP contribution < -0.4 is 11.4 Å². The number of hydrogen-bond acceptors (Lipinski definition) is 5. The second-order valence-electron chi connectivity index (χ2n) is 4.10. The van der Waals surface area contributed by atoms with Crippen LogP contribution in [-0.2, 0) is 4.74 Å². The molecule has 1 aliphatic heterocycles. The predicted octanol–water partition coefficient (Wildman–Crippen LogP) is 0.129. The minimum atomic E-state index is -3.55. The molecule has 2 heterocycles. The molecule has 1 aliphatic rings. The highest BCUT2D eigenvalue weighted by Gasteiger charge is 2.59. The van der Waals surface area contributed by atoms with Gasteiger partial charge in [-0.2, -0.15) is 13.8 Å². The van der Waals surface area contributed by atoms with E-state index in [0.717, 1.165) is 6.20 Å². The van der Waals surface area contributed by atoms with Gasteiger partial charge in [-0.1, -0.05) is 6.92 Å². The zero-order valence-corrected chi connectivity index (χ0v) is 9.59. The number of hydrogen-bond donors (Lipinski definition) is 2. The average Bonchev–Trinajstić information content (AvgIpc) is 2.52. The topological polar surface area (TPSA) is 90.4 Å². The molecule has 0 radical (unpaired) electrons. The number of alkyl halides is 2. The first-order valence-corrected chi connectivity index (χ1v) is 5.44. The Morgan fingerprint density at radius 3 is 2.83 bits per heavy atom. The molecular formula is C10H13F2N3O3. The van der Waals surface area contributed by atoms with Crippen molar-refractivity contribution in [3.05, 3.63) is 22.7 Å². The van der Waals surface area contributed by atoms with Gasteiger partial charge >= 0.3 is 11.6 Å². The monoisotopic (exact) mass is 261 g/mol. The minimum absolute atomic E-state index is 0.0647. The van der Waals surface area contributed by atoms with Gasteiger partial charge in [-0.3, -0.25) is 4.57 Å². The number of ether oxygens (including phenoxy) is 1. The highest BCUT2D eigenvalue weighted by Crippen LogP contribution is 2.42. The number of nitrogen functional groups attached to an aromatic ring is 1. The second kappa shape index (κ2) is 4.29. The first-order chi connectivity index (χ1) is 8.37. The second-order valence-corrected chi connectivity index (χ2v) is 4.10. The zero-order valence-electron chi connectivity index (χ0n) is 9.59. The molecule has 100 valence electrons. The lowest BCUT2D eigenvalue weighted by molar-refractivity contribution is -0.140. The molecule has 0 aromatic carbocycles. The molecule has 1 fully saturated rings. The van der Waals surface area contributed by atoms with Crippen molar-refractivity contribution in [2.45, 2.75) is 37.7 Å². The Hall–Kier alpha value is -1.54. The van der Waals surface area contributed by atoms with Gasteiger partial charge in [-0.05, 0) is 12.5 Å². The zero-order chi connectivity index (χ0) is 13.5. The van der Waals surface area contributed by atoms with Crippen molar-refractivity contribution in [2.24, 2.45) is 0 Å². The van der Waals surface area contributed by atoms with Crippen LogP contribution in [0.15, 0.2) is 17.1 Å². The summed E-state index contributed by atoms with van der Waals surface area (Å²) < 4.78 is 33.3. The lowest BCUT2D eigenvalue weighted by Gasteiger charge is -2.20. The maximum atomic E-state index is 13.8. The van der Waals surface area contributed by atoms with Gasteiger partial charge in [0.15, 0.2) is 0 Å². The third kappa shape index (κ3) is 1.87. The van der Waals surface area contributed by atoms with Crippen LogP contribution in [-0.4, -0.2) is 32.8 Å². The summed E-state index contributed by atoms with van der Waals surface area (Å²) in [4.78, 5) is 14.8. The van der Waals surface area contributed by atoms with E-state index < -0.39 is 30.0 Å². The van der Waals surface area contributed by atoms with Gasteiger partial charge in [0.05, 0.1) is 6.10 Å². The summed E-state index contributed by atoms with van der Waals surface area (Å²) in [6.07, 6.45) is -3.54. The van der Waals surface area contributed by atoms with Crippen LogP contribution in [0.25, 0.3) is 0 Å². The van der Waals surface area contributed by atoms with E-state index >= 15 is 0 Å². The molecule has 1 saturated heterocycles. The summed E-state index contributed by atoms with van der Waals surface area (Å²) >= 11 is 0. The van der Waals surface area contributed by atoms with Crippen molar-refractivity contribution in [1.29, 1.82) is 0 Å². The van der Waals surface area contributed by atoms with Gasteiger partial charge in [0.2, 0.25) is 6.23 Å². The van der Waals surface area contributed by atoms with E-state index in [1.807, 2.05) is 0 Å². The third-order valence-electron chi connectivity index (χ3n) is 2.89. The summed E-state index contributed by atoms with van der Waals surface area (Å²) in [5.74, 6) is -3.62. The van der Waals surface area contributed by atoms with Crippen molar-refractivity contribution in [1.82, 2.24) is 9.55 Å². The van der Waals surface area contributed by atoms with Gasteiger partial charge in [-0.15, -0.1) is 0 Å². The lowest BCUT2D eigenvalue weighted by Crippen LogP contribution is -2.41. The molecule has 1 aromatic rings. The fourth-order valence-corrected chi connectivity index (χ4v) is 1.90. The van der Waals surface area contributed by atoms with E-state index in [4.69, 9.17) is 10.5 Å². The molecule has 18 heavy (non-hydrogen) atoms. The maximum absolute atomic E-state index is 13.8.